The second kappa shape index (κ2) is 3.93. The Labute approximate surface area is 79.9 Å². The normalized spacial score (nSPS) is 16.3. The van der Waals surface area contributed by atoms with Crippen molar-refractivity contribution in [3.63, 3.8) is 0 Å². The van der Waals surface area contributed by atoms with E-state index >= 15 is 0 Å². The van der Waals surface area contributed by atoms with Gasteiger partial charge in [-0.05, 0) is 0 Å². The fraction of sp³-hybridized carbons (Fsp3) is 1.00. The molecule has 0 fully saturated rings. The molecule has 0 rings (SSSR count). The van der Waals surface area contributed by atoms with Crippen LogP contribution in [0.5, 0.6) is 0 Å². The Bertz CT molecular complexity index is 95.3. The van der Waals surface area contributed by atoms with Gasteiger partial charge in [-0.2, -0.15) is 0 Å². The monoisotopic (exact) mass is 216 g/mol. The van der Waals surface area contributed by atoms with E-state index in [1.165, 1.54) is 0 Å². The van der Waals surface area contributed by atoms with Crippen molar-refractivity contribution in [1.29, 1.82) is 0 Å². The summed E-state index contributed by atoms with van der Waals surface area (Å²) < 4.78 is -2.08. The molecule has 0 saturated carbocycles. The van der Waals surface area contributed by atoms with Gasteiger partial charge < -0.3 is 0 Å². The first-order valence-electron chi connectivity index (χ1n) is 3.65. The molecule has 4 heteroatoms. The van der Waals surface area contributed by atoms with Crippen molar-refractivity contribution in [3.05, 3.63) is 0 Å². The average Bonchev–Trinajstić information content (AvgIpc) is 1.61. The molecule has 0 unspecified atom stereocenters. The molecule has 64 valence electrons. The van der Waals surface area contributed by atoms with E-state index in [-0.39, 0.29) is 0 Å². The summed E-state index contributed by atoms with van der Waals surface area (Å²) in [5.41, 5.74) is 0. The minimum absolute atomic E-state index is 1.06. The first-order valence-corrected chi connectivity index (χ1v) is 9.71. The first-order chi connectivity index (χ1) is 4.39. The van der Waals surface area contributed by atoms with E-state index < -0.39 is 4.21 Å². The molecule has 0 nitrogen and oxygen atoms in total. The van der Waals surface area contributed by atoms with E-state index in [4.69, 9.17) is 0 Å². The molecule has 0 saturated heterocycles. The molecule has 0 atom stereocenters. The number of hydrogen-bond acceptors (Lipinski definition) is 3. The Balaban J connectivity index is 3.97. The van der Waals surface area contributed by atoms with E-state index in [9.17, 15) is 0 Å². The van der Waals surface area contributed by atoms with Gasteiger partial charge in [-0.1, -0.05) is 0 Å². The molecule has 0 radical (unpaired) electrons. The second-order valence-corrected chi connectivity index (χ2v) is 17.9. The van der Waals surface area contributed by atoms with Crippen molar-refractivity contribution in [2.45, 2.75) is 26.7 Å². The zero-order valence-corrected chi connectivity index (χ0v) is 10.2. The molecule has 0 aliphatic heterocycles. The summed E-state index contributed by atoms with van der Waals surface area (Å²) in [7, 11) is 0. The molecule has 0 heterocycles. The standard InChI is InChI=1S/C6H17PS3/c1-3-5-7(8,9,10)6-4-2/h8-10H,3-6H2,1-2H3. The Hall–Kier alpha value is 1.48. The zero-order chi connectivity index (χ0) is 8.28. The van der Waals surface area contributed by atoms with Crippen molar-refractivity contribution in [1.82, 2.24) is 0 Å². The molecular weight excluding hydrogens is 199 g/mol. The van der Waals surface area contributed by atoms with Crippen LogP contribution in [0.3, 0.4) is 0 Å². The third kappa shape index (κ3) is 5.17. The average molecular weight is 216 g/mol. The fourth-order valence-corrected chi connectivity index (χ4v) is 6.68. The fourth-order valence-electron chi connectivity index (χ4n) is 1.03. The Kier molecular flexibility index (Phi) is 4.51. The van der Waals surface area contributed by atoms with Crippen LogP contribution in [0.25, 0.3) is 0 Å². The maximum atomic E-state index is 4.56. The van der Waals surface area contributed by atoms with Crippen molar-refractivity contribution in [3.8, 4) is 0 Å². The van der Waals surface area contributed by atoms with Crippen molar-refractivity contribution in [2.24, 2.45) is 0 Å². The van der Waals surface area contributed by atoms with Crippen molar-refractivity contribution < 1.29 is 0 Å². The first kappa shape index (κ1) is 11.5. The number of rotatable bonds is 4. The van der Waals surface area contributed by atoms with Crippen LogP contribution in [0, 0.1) is 0 Å². The molecular formula is C6H17PS3. The second-order valence-electron chi connectivity index (χ2n) is 2.79. The van der Waals surface area contributed by atoms with Crippen LogP contribution in [0.2, 0.25) is 0 Å². The van der Waals surface area contributed by atoms with Gasteiger partial charge >= 0.3 is 80.0 Å². The summed E-state index contributed by atoms with van der Waals surface area (Å²) >= 11 is 13.7. The summed E-state index contributed by atoms with van der Waals surface area (Å²) in [5.74, 6) is 0. The van der Waals surface area contributed by atoms with E-state index in [0.717, 1.165) is 25.2 Å². The minimum atomic E-state index is -2.08. The molecule has 0 aromatic heterocycles. The third-order valence-corrected chi connectivity index (χ3v) is 7.69. The van der Waals surface area contributed by atoms with Gasteiger partial charge in [-0.25, -0.2) is 0 Å². The predicted octanol–water partition coefficient (Wildman–Crippen LogP) is 3.89. The zero-order valence-electron chi connectivity index (χ0n) is 6.62. The topological polar surface area (TPSA) is 0 Å². The van der Waals surface area contributed by atoms with Gasteiger partial charge in [-0.3, -0.25) is 0 Å². The van der Waals surface area contributed by atoms with Crippen LogP contribution in [0.1, 0.15) is 26.7 Å². The van der Waals surface area contributed by atoms with Gasteiger partial charge in [0.05, 0.1) is 0 Å². The van der Waals surface area contributed by atoms with E-state index in [2.05, 4.69) is 50.6 Å². The molecule has 0 spiro atoms. The van der Waals surface area contributed by atoms with Crippen LogP contribution in [-0.2, 0) is 0 Å². The quantitative estimate of drug-likeness (QED) is 0.461. The summed E-state index contributed by atoms with van der Waals surface area (Å²) in [4.78, 5) is 0. The van der Waals surface area contributed by atoms with Gasteiger partial charge in [0.1, 0.15) is 0 Å². The molecule has 10 heavy (non-hydrogen) atoms. The van der Waals surface area contributed by atoms with Crippen molar-refractivity contribution in [2.75, 3.05) is 12.3 Å². The van der Waals surface area contributed by atoms with Gasteiger partial charge in [0, 0.05) is 0 Å². The number of hydrogen-bond donors (Lipinski definition) is 3. The van der Waals surface area contributed by atoms with Crippen LogP contribution in [0.15, 0.2) is 0 Å². The van der Waals surface area contributed by atoms with Crippen LogP contribution >= 0.6 is 41.0 Å². The van der Waals surface area contributed by atoms with Crippen LogP contribution in [-0.4, -0.2) is 12.3 Å². The maximum absolute atomic E-state index is 4.56. The van der Waals surface area contributed by atoms with E-state index in [0.29, 0.717) is 0 Å². The summed E-state index contributed by atoms with van der Waals surface area (Å²) in [6.07, 6.45) is 4.40. The Morgan fingerprint density at radius 2 is 1.20 bits per heavy atom. The predicted molar refractivity (Wildman–Crippen MR) is 64.2 cm³/mol. The summed E-state index contributed by atoms with van der Waals surface area (Å²) in [5, 5.41) is 0. The van der Waals surface area contributed by atoms with Crippen molar-refractivity contribution >= 4 is 41.0 Å². The summed E-state index contributed by atoms with van der Waals surface area (Å²) in [6, 6.07) is 0. The molecule has 0 bridgehead atoms. The van der Waals surface area contributed by atoms with Crippen LogP contribution in [0.4, 0.5) is 0 Å². The van der Waals surface area contributed by atoms with Gasteiger partial charge in [0.15, 0.2) is 0 Å². The number of thiol groups is 3. The van der Waals surface area contributed by atoms with Crippen LogP contribution < -0.4 is 0 Å². The van der Waals surface area contributed by atoms with Gasteiger partial charge in [0.2, 0.25) is 0 Å². The molecule has 0 aliphatic carbocycles. The molecule has 0 aromatic rings. The molecule has 0 aliphatic rings. The van der Waals surface area contributed by atoms with E-state index in [1.807, 2.05) is 0 Å². The third-order valence-electron chi connectivity index (χ3n) is 1.36. The SMILES string of the molecule is CCCP(S)(S)(S)CCC. The van der Waals surface area contributed by atoms with Gasteiger partial charge in [0.25, 0.3) is 0 Å². The van der Waals surface area contributed by atoms with E-state index in [1.54, 1.807) is 0 Å². The molecule has 0 aromatic carbocycles. The Morgan fingerprint density at radius 1 is 0.900 bits per heavy atom. The molecule has 0 amide bonds. The Morgan fingerprint density at radius 3 is 1.40 bits per heavy atom. The summed E-state index contributed by atoms with van der Waals surface area (Å²) in [6.45, 7) is 4.30. The van der Waals surface area contributed by atoms with Gasteiger partial charge in [-0.15, -0.1) is 0 Å². The molecule has 0 N–H and O–H groups in total.